The predicted molar refractivity (Wildman–Crippen MR) is 84.8 cm³/mol. The van der Waals surface area contributed by atoms with Crippen molar-refractivity contribution in [1.29, 1.82) is 0 Å². The minimum absolute atomic E-state index is 0.159. The molecule has 0 bridgehead atoms. The summed E-state index contributed by atoms with van der Waals surface area (Å²) in [5, 5.41) is 3.75. The second-order valence-electron chi connectivity index (χ2n) is 4.95. The molecule has 1 aromatic heterocycles. The third-order valence-electron chi connectivity index (χ3n) is 3.34. The van der Waals surface area contributed by atoms with Crippen LogP contribution >= 0.6 is 11.6 Å². The molecule has 0 amide bonds. The molecular weight excluding hydrogens is 289 g/mol. The maximum Gasteiger partial charge on any atom is 0.129 e. The smallest absolute Gasteiger partial charge is 0.129 e. The lowest BCUT2D eigenvalue weighted by atomic mass is 9.98. The van der Waals surface area contributed by atoms with Gasteiger partial charge in [-0.2, -0.15) is 0 Å². The summed E-state index contributed by atoms with van der Waals surface area (Å²) in [4.78, 5) is 4.09. The third kappa shape index (κ3) is 4.16. The molecule has 0 fully saturated rings. The van der Waals surface area contributed by atoms with Crippen molar-refractivity contribution in [2.45, 2.75) is 25.8 Å². The van der Waals surface area contributed by atoms with E-state index < -0.39 is 0 Å². The Morgan fingerprint density at radius 3 is 2.86 bits per heavy atom. The van der Waals surface area contributed by atoms with Crippen molar-refractivity contribution < 1.29 is 4.39 Å². The van der Waals surface area contributed by atoms with Crippen LogP contribution < -0.4 is 11.1 Å². The molecule has 1 atom stereocenters. The van der Waals surface area contributed by atoms with E-state index in [2.05, 4.69) is 17.2 Å². The molecule has 0 spiro atoms. The van der Waals surface area contributed by atoms with Crippen molar-refractivity contribution >= 4 is 17.3 Å². The van der Waals surface area contributed by atoms with E-state index in [1.165, 1.54) is 6.07 Å². The first-order valence-electron chi connectivity index (χ1n) is 6.98. The van der Waals surface area contributed by atoms with E-state index in [4.69, 9.17) is 17.3 Å². The number of halogens is 2. The molecule has 3 nitrogen and oxygen atoms in total. The molecule has 2 aromatic rings. The number of nitrogens with zero attached hydrogens (tertiary/aromatic N) is 1. The first-order valence-corrected chi connectivity index (χ1v) is 7.36. The summed E-state index contributed by atoms with van der Waals surface area (Å²) in [7, 11) is 0. The van der Waals surface area contributed by atoms with Crippen molar-refractivity contribution in [2.24, 2.45) is 0 Å². The van der Waals surface area contributed by atoms with Crippen LogP contribution in [0.5, 0.6) is 0 Å². The number of rotatable bonds is 6. The van der Waals surface area contributed by atoms with Gasteiger partial charge in [-0.15, -0.1) is 0 Å². The van der Waals surface area contributed by atoms with Crippen molar-refractivity contribution in [2.75, 3.05) is 12.3 Å². The number of benzene rings is 1. The summed E-state index contributed by atoms with van der Waals surface area (Å²) in [6.07, 6.45) is 4.92. The molecule has 21 heavy (non-hydrogen) atoms. The van der Waals surface area contributed by atoms with Crippen LogP contribution in [0.15, 0.2) is 36.7 Å². The standard InChI is InChI=1S/C16H19ClFN3/c1-2-6-21-16(8-11-10-20-7-5-15(11)19)13-4-3-12(17)9-14(13)18/h3-5,7,9-10,16,21H,2,6,8H2,1H3,(H2,19,20). The van der Waals surface area contributed by atoms with E-state index in [1.807, 2.05) is 0 Å². The van der Waals surface area contributed by atoms with Gasteiger partial charge in [0.1, 0.15) is 5.82 Å². The molecule has 1 aromatic carbocycles. The molecule has 1 unspecified atom stereocenters. The second-order valence-corrected chi connectivity index (χ2v) is 5.39. The van der Waals surface area contributed by atoms with Gasteiger partial charge < -0.3 is 11.1 Å². The second kappa shape index (κ2) is 7.38. The fraction of sp³-hybridized carbons (Fsp3) is 0.312. The summed E-state index contributed by atoms with van der Waals surface area (Å²) >= 11 is 5.82. The van der Waals surface area contributed by atoms with Crippen LogP contribution in [0, 0.1) is 5.82 Å². The van der Waals surface area contributed by atoms with Crippen LogP contribution in [0.1, 0.15) is 30.5 Å². The largest absolute Gasteiger partial charge is 0.398 e. The Bertz CT molecular complexity index is 604. The van der Waals surface area contributed by atoms with Gasteiger partial charge in [-0.3, -0.25) is 4.98 Å². The molecule has 5 heteroatoms. The fourth-order valence-electron chi connectivity index (χ4n) is 2.22. The maximum atomic E-state index is 14.2. The molecule has 0 saturated carbocycles. The molecule has 3 N–H and O–H groups in total. The van der Waals surface area contributed by atoms with Crippen molar-refractivity contribution in [3.8, 4) is 0 Å². The Morgan fingerprint density at radius 2 is 2.19 bits per heavy atom. The monoisotopic (exact) mass is 307 g/mol. The van der Waals surface area contributed by atoms with E-state index in [1.54, 1.807) is 30.6 Å². The number of anilines is 1. The maximum absolute atomic E-state index is 14.2. The molecular formula is C16H19ClFN3. The molecule has 0 saturated heterocycles. The highest BCUT2D eigenvalue weighted by molar-refractivity contribution is 6.30. The zero-order valence-corrected chi connectivity index (χ0v) is 12.7. The molecule has 2 rings (SSSR count). The van der Waals surface area contributed by atoms with Crippen molar-refractivity contribution in [3.63, 3.8) is 0 Å². The van der Waals surface area contributed by atoms with Gasteiger partial charge in [0.05, 0.1) is 0 Å². The molecule has 0 aliphatic heterocycles. The fourth-order valence-corrected chi connectivity index (χ4v) is 2.38. The minimum atomic E-state index is -0.307. The van der Waals surface area contributed by atoms with Crippen molar-refractivity contribution in [1.82, 2.24) is 10.3 Å². The number of nitrogen functional groups attached to an aromatic ring is 1. The molecule has 1 heterocycles. The summed E-state index contributed by atoms with van der Waals surface area (Å²) in [5.41, 5.74) is 8.12. The third-order valence-corrected chi connectivity index (χ3v) is 3.58. The average Bonchev–Trinajstić information content (AvgIpc) is 2.46. The Hall–Kier alpha value is -1.65. The average molecular weight is 308 g/mol. The quantitative estimate of drug-likeness (QED) is 0.854. The lowest BCUT2D eigenvalue weighted by Gasteiger charge is -2.20. The first kappa shape index (κ1) is 15.7. The number of aromatic nitrogens is 1. The number of hydrogen-bond donors (Lipinski definition) is 2. The van der Waals surface area contributed by atoms with E-state index in [9.17, 15) is 4.39 Å². The first-order chi connectivity index (χ1) is 10.1. The highest BCUT2D eigenvalue weighted by Gasteiger charge is 2.17. The highest BCUT2D eigenvalue weighted by Crippen LogP contribution is 2.25. The Labute approximate surface area is 129 Å². The van der Waals surface area contributed by atoms with Crippen molar-refractivity contribution in [3.05, 3.63) is 58.6 Å². The van der Waals surface area contributed by atoms with Gasteiger partial charge in [0.15, 0.2) is 0 Å². The van der Waals surface area contributed by atoms with Crippen LogP contribution in [0.3, 0.4) is 0 Å². The number of nitrogens with two attached hydrogens (primary N) is 1. The van der Waals surface area contributed by atoms with Crippen LogP contribution in [-0.2, 0) is 6.42 Å². The number of nitrogens with one attached hydrogen (secondary N) is 1. The summed E-state index contributed by atoms with van der Waals surface area (Å²) in [6.45, 7) is 2.87. The number of pyridine rings is 1. The highest BCUT2D eigenvalue weighted by atomic mass is 35.5. The van der Waals surface area contributed by atoms with E-state index in [0.717, 1.165) is 18.5 Å². The van der Waals surface area contributed by atoms with Crippen LogP contribution in [0.2, 0.25) is 5.02 Å². The lowest BCUT2D eigenvalue weighted by Crippen LogP contribution is -2.25. The summed E-state index contributed by atoms with van der Waals surface area (Å²) in [5.74, 6) is -0.307. The van der Waals surface area contributed by atoms with E-state index >= 15 is 0 Å². The Morgan fingerprint density at radius 1 is 1.38 bits per heavy atom. The van der Waals surface area contributed by atoms with E-state index in [-0.39, 0.29) is 11.9 Å². The topological polar surface area (TPSA) is 50.9 Å². The minimum Gasteiger partial charge on any atom is -0.398 e. The predicted octanol–water partition coefficient (Wildman–Crippen LogP) is 3.74. The van der Waals surface area contributed by atoms with Gasteiger partial charge >= 0.3 is 0 Å². The lowest BCUT2D eigenvalue weighted by molar-refractivity contribution is 0.497. The Balaban J connectivity index is 2.27. The molecule has 0 aliphatic rings. The summed E-state index contributed by atoms with van der Waals surface area (Å²) in [6, 6.07) is 6.35. The van der Waals surface area contributed by atoms with Gasteiger partial charge in [-0.05, 0) is 43.1 Å². The molecule has 0 aliphatic carbocycles. The van der Waals surface area contributed by atoms with Gasteiger partial charge in [0.25, 0.3) is 0 Å². The SMILES string of the molecule is CCCNC(Cc1cnccc1N)c1ccc(Cl)cc1F. The molecule has 0 radical (unpaired) electrons. The number of hydrogen-bond acceptors (Lipinski definition) is 3. The molecule has 112 valence electrons. The zero-order chi connectivity index (χ0) is 15.2. The van der Waals surface area contributed by atoms with Crippen LogP contribution in [-0.4, -0.2) is 11.5 Å². The normalized spacial score (nSPS) is 12.3. The van der Waals surface area contributed by atoms with Gasteiger partial charge in [0, 0.05) is 34.7 Å². The van der Waals surface area contributed by atoms with Gasteiger partial charge in [0.2, 0.25) is 0 Å². The van der Waals surface area contributed by atoms with Gasteiger partial charge in [-0.1, -0.05) is 24.6 Å². The van der Waals surface area contributed by atoms with Crippen LogP contribution in [0.4, 0.5) is 10.1 Å². The summed E-state index contributed by atoms with van der Waals surface area (Å²) < 4.78 is 14.2. The van der Waals surface area contributed by atoms with E-state index in [0.29, 0.717) is 22.7 Å². The van der Waals surface area contributed by atoms with Gasteiger partial charge in [-0.25, -0.2) is 4.39 Å². The Kier molecular flexibility index (Phi) is 5.53. The zero-order valence-electron chi connectivity index (χ0n) is 11.9. The van der Waals surface area contributed by atoms with Crippen LogP contribution in [0.25, 0.3) is 0 Å².